The average molecular weight is 449 g/mol. The molecule has 0 unspecified atom stereocenters. The van der Waals surface area contributed by atoms with Crippen LogP contribution in [0.4, 0.5) is 0 Å². The number of rotatable bonds is 3. The lowest BCUT2D eigenvalue weighted by Crippen LogP contribution is -3.14. The van der Waals surface area contributed by atoms with E-state index in [1.165, 1.54) is 4.90 Å². The van der Waals surface area contributed by atoms with Crippen LogP contribution in [-0.2, 0) is 15.6 Å². The first kappa shape index (κ1) is 23.6. The molecule has 1 aliphatic rings. The van der Waals surface area contributed by atoms with Crippen molar-refractivity contribution in [1.82, 2.24) is 0 Å². The molecule has 3 aromatic rings. The van der Waals surface area contributed by atoms with Crippen molar-refractivity contribution >= 4 is 10.8 Å². The van der Waals surface area contributed by atoms with E-state index in [0.717, 1.165) is 46.1 Å². The predicted octanol–water partition coefficient (Wildman–Crippen LogP) is 4.85. The second kappa shape index (κ2) is 8.66. The van der Waals surface area contributed by atoms with Crippen LogP contribution in [-0.4, -0.2) is 36.5 Å². The zero-order valence-corrected chi connectivity index (χ0v) is 20.8. The van der Waals surface area contributed by atoms with Gasteiger partial charge in [0.1, 0.15) is 30.6 Å². The van der Waals surface area contributed by atoms with E-state index >= 15 is 0 Å². The first-order chi connectivity index (χ1) is 15.5. The number of phenols is 2. The van der Waals surface area contributed by atoms with Gasteiger partial charge in [0.2, 0.25) is 0 Å². The molecule has 0 aromatic heterocycles. The molecule has 4 heteroatoms. The Balaban J connectivity index is 2.04. The molecule has 3 aromatic carbocycles. The van der Waals surface area contributed by atoms with Gasteiger partial charge in [-0.25, -0.2) is 0 Å². The van der Waals surface area contributed by atoms with Crippen molar-refractivity contribution in [2.75, 3.05) is 26.3 Å². The molecular formula is C29H38NO3+. The third kappa shape index (κ3) is 4.60. The molecule has 0 amide bonds. The minimum absolute atomic E-state index is 0.0669. The molecule has 1 atom stereocenters. The fourth-order valence-electron chi connectivity index (χ4n) is 5.08. The zero-order chi connectivity index (χ0) is 24.0. The highest BCUT2D eigenvalue weighted by Crippen LogP contribution is 2.43. The Bertz CT molecular complexity index is 1110. The van der Waals surface area contributed by atoms with Gasteiger partial charge in [-0.2, -0.15) is 0 Å². The maximum Gasteiger partial charge on any atom is 0.143 e. The minimum atomic E-state index is -0.216. The van der Waals surface area contributed by atoms with Gasteiger partial charge in [0.25, 0.3) is 0 Å². The highest BCUT2D eigenvalue weighted by molar-refractivity contribution is 5.88. The normalized spacial score (nSPS) is 16.8. The molecule has 1 aliphatic heterocycles. The quantitative estimate of drug-likeness (QED) is 0.537. The van der Waals surface area contributed by atoms with Gasteiger partial charge in [-0.3, -0.25) is 0 Å². The Morgan fingerprint density at radius 1 is 0.818 bits per heavy atom. The van der Waals surface area contributed by atoms with Crippen LogP contribution in [0.3, 0.4) is 0 Å². The van der Waals surface area contributed by atoms with Crippen LogP contribution in [0.5, 0.6) is 11.5 Å². The minimum Gasteiger partial charge on any atom is -0.507 e. The predicted molar refractivity (Wildman–Crippen MR) is 134 cm³/mol. The maximum absolute atomic E-state index is 11.3. The lowest BCUT2D eigenvalue weighted by molar-refractivity contribution is -0.933. The van der Waals surface area contributed by atoms with Gasteiger partial charge in [0, 0.05) is 16.7 Å². The first-order valence-electron chi connectivity index (χ1n) is 12.0. The third-order valence-corrected chi connectivity index (χ3v) is 6.86. The second-order valence-corrected chi connectivity index (χ2v) is 11.4. The van der Waals surface area contributed by atoms with Gasteiger partial charge < -0.3 is 19.8 Å². The molecule has 0 radical (unpaired) electrons. The van der Waals surface area contributed by atoms with Crippen molar-refractivity contribution < 1.29 is 19.8 Å². The fraction of sp³-hybridized carbons (Fsp3) is 0.448. The van der Waals surface area contributed by atoms with Crippen molar-refractivity contribution in [2.45, 2.75) is 58.4 Å². The van der Waals surface area contributed by atoms with Gasteiger partial charge in [-0.15, -0.1) is 0 Å². The summed E-state index contributed by atoms with van der Waals surface area (Å²) in [6, 6.07) is 16.3. The molecule has 0 saturated carbocycles. The van der Waals surface area contributed by atoms with E-state index in [1.807, 2.05) is 24.3 Å². The Hall–Kier alpha value is -2.56. The number of fused-ring (bicyclic) bond motifs is 1. The van der Waals surface area contributed by atoms with Gasteiger partial charge in [0.15, 0.2) is 0 Å². The third-order valence-electron chi connectivity index (χ3n) is 6.86. The summed E-state index contributed by atoms with van der Waals surface area (Å²) >= 11 is 0. The van der Waals surface area contributed by atoms with Gasteiger partial charge in [-0.05, 0) is 39.8 Å². The number of hydrogen-bond acceptors (Lipinski definition) is 3. The Kier molecular flexibility index (Phi) is 6.19. The van der Waals surface area contributed by atoms with Crippen molar-refractivity contribution in [3.63, 3.8) is 0 Å². The van der Waals surface area contributed by atoms with E-state index in [-0.39, 0.29) is 16.9 Å². The van der Waals surface area contributed by atoms with Crippen LogP contribution in [0.15, 0.2) is 48.5 Å². The Morgan fingerprint density at radius 2 is 1.39 bits per heavy atom. The Labute approximate surface area is 197 Å². The van der Waals surface area contributed by atoms with Crippen LogP contribution in [0.2, 0.25) is 0 Å². The zero-order valence-electron chi connectivity index (χ0n) is 20.8. The number of benzene rings is 3. The van der Waals surface area contributed by atoms with E-state index in [2.05, 4.69) is 65.8 Å². The van der Waals surface area contributed by atoms with Crippen molar-refractivity contribution in [2.24, 2.45) is 0 Å². The summed E-state index contributed by atoms with van der Waals surface area (Å²) in [6.07, 6.45) is 0. The number of aromatic hydroxyl groups is 2. The lowest BCUT2D eigenvalue weighted by atomic mass is 9.77. The molecule has 176 valence electrons. The van der Waals surface area contributed by atoms with E-state index in [1.54, 1.807) is 0 Å². The summed E-state index contributed by atoms with van der Waals surface area (Å²) < 4.78 is 5.69. The SMILES string of the molecule is CC(C)(C)c1cc([C@H](c2c(O)ccc3ccccc23)[NH+]2CCOCC2)cc(C(C)(C)C)c1O. The average Bonchev–Trinajstić information content (AvgIpc) is 2.75. The summed E-state index contributed by atoms with van der Waals surface area (Å²) in [7, 11) is 0. The standard InChI is InChI=1S/C29H37NO3/c1-28(2,3)22-17-20(18-23(27(22)32)29(4,5)6)26(30-13-15-33-16-14-30)25-21-10-8-7-9-19(21)11-12-24(25)31/h7-12,17-18,26,31-32H,13-16H2,1-6H3/p+1/t26-/m1/s1. The molecular weight excluding hydrogens is 410 g/mol. The van der Waals surface area contributed by atoms with Gasteiger partial charge in [0.05, 0.1) is 18.8 Å². The van der Waals surface area contributed by atoms with Crippen molar-refractivity contribution in [3.8, 4) is 11.5 Å². The van der Waals surface area contributed by atoms with Gasteiger partial charge in [-0.1, -0.05) is 71.9 Å². The number of ether oxygens (including phenoxy) is 1. The highest BCUT2D eigenvalue weighted by Gasteiger charge is 2.35. The summed E-state index contributed by atoms with van der Waals surface area (Å²) in [6.45, 7) is 16.0. The van der Waals surface area contributed by atoms with Crippen molar-refractivity contribution in [3.05, 3.63) is 70.8 Å². The summed E-state index contributed by atoms with van der Waals surface area (Å²) in [5.74, 6) is 0.706. The molecule has 4 nitrogen and oxygen atoms in total. The van der Waals surface area contributed by atoms with Crippen LogP contribution in [0.1, 0.15) is 69.8 Å². The van der Waals surface area contributed by atoms with Crippen molar-refractivity contribution in [1.29, 1.82) is 0 Å². The monoisotopic (exact) mass is 448 g/mol. The summed E-state index contributed by atoms with van der Waals surface area (Å²) in [4.78, 5) is 1.37. The molecule has 0 spiro atoms. The molecule has 33 heavy (non-hydrogen) atoms. The maximum atomic E-state index is 11.3. The molecule has 0 bridgehead atoms. The molecule has 3 N–H and O–H groups in total. The Morgan fingerprint density at radius 3 is 1.97 bits per heavy atom. The molecule has 1 heterocycles. The van der Waals surface area contributed by atoms with E-state index in [0.29, 0.717) is 24.7 Å². The van der Waals surface area contributed by atoms with Crippen LogP contribution in [0, 0.1) is 0 Å². The first-order valence-corrected chi connectivity index (χ1v) is 12.0. The van der Waals surface area contributed by atoms with E-state index < -0.39 is 0 Å². The largest absolute Gasteiger partial charge is 0.507 e. The van der Waals surface area contributed by atoms with Crippen LogP contribution in [0.25, 0.3) is 10.8 Å². The number of hydrogen-bond donors (Lipinski definition) is 3. The molecule has 0 aliphatic carbocycles. The second-order valence-electron chi connectivity index (χ2n) is 11.4. The number of morpholine rings is 1. The summed E-state index contributed by atoms with van der Waals surface area (Å²) in [5, 5.41) is 24.7. The number of nitrogens with one attached hydrogen (secondary N) is 1. The molecule has 1 fully saturated rings. The smallest absolute Gasteiger partial charge is 0.143 e. The van der Waals surface area contributed by atoms with Gasteiger partial charge >= 0.3 is 0 Å². The van der Waals surface area contributed by atoms with E-state index in [4.69, 9.17) is 4.74 Å². The number of quaternary nitrogens is 1. The topological polar surface area (TPSA) is 54.1 Å². The fourth-order valence-corrected chi connectivity index (χ4v) is 5.08. The number of phenolic OH excluding ortho intramolecular Hbond substituents is 2. The highest BCUT2D eigenvalue weighted by atomic mass is 16.5. The molecule has 1 saturated heterocycles. The van der Waals surface area contributed by atoms with Crippen LogP contribution >= 0.6 is 0 Å². The lowest BCUT2D eigenvalue weighted by Gasteiger charge is -2.35. The van der Waals surface area contributed by atoms with E-state index in [9.17, 15) is 10.2 Å². The van der Waals surface area contributed by atoms with Crippen LogP contribution < -0.4 is 4.90 Å². The molecule has 4 rings (SSSR count). The summed E-state index contributed by atoms with van der Waals surface area (Å²) in [5.41, 5.74) is 3.55.